The lowest BCUT2D eigenvalue weighted by molar-refractivity contribution is 0.0929. The van der Waals surface area contributed by atoms with Crippen LogP contribution in [0.5, 0.6) is 0 Å². The van der Waals surface area contributed by atoms with Crippen LogP contribution in [-0.2, 0) is 0 Å². The van der Waals surface area contributed by atoms with Gasteiger partial charge in [-0.15, -0.1) is 0 Å². The number of nitrogens with two attached hydrogens (primary N) is 1. The summed E-state index contributed by atoms with van der Waals surface area (Å²) in [5.74, 6) is 0.0487. The zero-order valence-corrected chi connectivity index (χ0v) is 11.7. The highest BCUT2D eigenvalue weighted by Crippen LogP contribution is 2.22. The van der Waals surface area contributed by atoms with E-state index >= 15 is 0 Å². The zero-order valence-electron chi connectivity index (χ0n) is 11.7. The van der Waals surface area contributed by atoms with Crippen LogP contribution < -0.4 is 11.1 Å². The van der Waals surface area contributed by atoms with E-state index in [0.29, 0.717) is 11.4 Å². The van der Waals surface area contributed by atoms with Crippen molar-refractivity contribution < 1.29 is 4.79 Å². The van der Waals surface area contributed by atoms with Gasteiger partial charge in [-0.25, -0.2) is 0 Å². The third kappa shape index (κ3) is 3.24. The first-order valence-corrected chi connectivity index (χ1v) is 6.65. The molecule has 5 heteroatoms. The summed E-state index contributed by atoms with van der Waals surface area (Å²) in [4.78, 5) is 12.1. The lowest BCUT2D eigenvalue weighted by Gasteiger charge is -2.15. The van der Waals surface area contributed by atoms with Crippen LogP contribution in [0.1, 0.15) is 69.1 Å². The number of hydrogen-bond acceptors (Lipinski definition) is 3. The number of H-pyrrole nitrogens is 1. The summed E-state index contributed by atoms with van der Waals surface area (Å²) >= 11 is 0. The van der Waals surface area contributed by atoms with E-state index in [2.05, 4.69) is 29.4 Å². The summed E-state index contributed by atoms with van der Waals surface area (Å²) in [5, 5.41) is 9.84. The second-order valence-electron chi connectivity index (χ2n) is 4.92. The van der Waals surface area contributed by atoms with Crippen LogP contribution in [0, 0.1) is 0 Å². The summed E-state index contributed by atoms with van der Waals surface area (Å²) in [6.07, 6.45) is 2.94. The number of nitrogen functional groups attached to an aromatic ring is 1. The molecule has 102 valence electrons. The molecule has 1 heterocycles. The van der Waals surface area contributed by atoms with E-state index in [9.17, 15) is 4.79 Å². The molecular formula is C13H24N4O. The molecule has 0 aliphatic rings. The third-order valence-electron chi connectivity index (χ3n) is 3.09. The summed E-state index contributed by atoms with van der Waals surface area (Å²) in [5.41, 5.74) is 7.54. The highest BCUT2D eigenvalue weighted by Gasteiger charge is 2.20. The first-order chi connectivity index (χ1) is 8.51. The van der Waals surface area contributed by atoms with E-state index in [1.54, 1.807) is 0 Å². The van der Waals surface area contributed by atoms with Gasteiger partial charge in [0.25, 0.3) is 5.91 Å². The van der Waals surface area contributed by atoms with E-state index in [4.69, 9.17) is 5.73 Å². The summed E-state index contributed by atoms with van der Waals surface area (Å²) < 4.78 is 0. The largest absolute Gasteiger partial charge is 0.395 e. The number of amides is 1. The number of carbonyl (C=O) groups is 1. The van der Waals surface area contributed by atoms with Crippen molar-refractivity contribution in [2.45, 2.75) is 58.9 Å². The minimum atomic E-state index is -0.184. The second-order valence-corrected chi connectivity index (χ2v) is 4.92. The molecule has 5 nitrogen and oxygen atoms in total. The number of hydrogen-bond donors (Lipinski definition) is 3. The zero-order chi connectivity index (χ0) is 13.7. The first kappa shape index (κ1) is 14.5. The number of rotatable bonds is 6. The Balaban J connectivity index is 2.78. The summed E-state index contributed by atoms with van der Waals surface area (Å²) in [7, 11) is 0. The van der Waals surface area contributed by atoms with Gasteiger partial charge in [0.1, 0.15) is 0 Å². The smallest absolute Gasteiger partial charge is 0.274 e. The van der Waals surface area contributed by atoms with Crippen molar-refractivity contribution in [1.29, 1.82) is 0 Å². The monoisotopic (exact) mass is 252 g/mol. The standard InChI is InChI=1S/C13H24N4O/c1-5-7-9(6-2)15-13(18)12-10(14)11(8(3)4)16-17-12/h8-9H,5-7,14H2,1-4H3,(H,15,18)(H,16,17). The molecule has 1 unspecified atom stereocenters. The fourth-order valence-corrected chi connectivity index (χ4v) is 1.96. The molecule has 0 aliphatic heterocycles. The quantitative estimate of drug-likeness (QED) is 0.727. The van der Waals surface area contributed by atoms with Crippen molar-refractivity contribution in [2.24, 2.45) is 0 Å². The van der Waals surface area contributed by atoms with Gasteiger partial charge in [-0.2, -0.15) is 5.10 Å². The predicted molar refractivity (Wildman–Crippen MR) is 73.5 cm³/mol. The van der Waals surface area contributed by atoms with Crippen LogP contribution in [0.2, 0.25) is 0 Å². The lowest BCUT2D eigenvalue weighted by Crippen LogP contribution is -2.34. The molecule has 0 saturated carbocycles. The molecule has 0 saturated heterocycles. The van der Waals surface area contributed by atoms with Gasteiger partial charge in [0.05, 0.1) is 11.4 Å². The molecule has 1 rings (SSSR count). The van der Waals surface area contributed by atoms with E-state index in [0.717, 1.165) is 25.0 Å². The average Bonchev–Trinajstić information content (AvgIpc) is 2.70. The van der Waals surface area contributed by atoms with Crippen LogP contribution in [0.4, 0.5) is 5.69 Å². The van der Waals surface area contributed by atoms with Gasteiger partial charge in [-0.05, 0) is 18.8 Å². The van der Waals surface area contributed by atoms with Gasteiger partial charge in [0.15, 0.2) is 5.69 Å². The van der Waals surface area contributed by atoms with Gasteiger partial charge in [0.2, 0.25) is 0 Å². The Bertz CT molecular complexity index is 398. The lowest BCUT2D eigenvalue weighted by atomic mass is 10.1. The Morgan fingerprint density at radius 1 is 1.44 bits per heavy atom. The van der Waals surface area contributed by atoms with E-state index < -0.39 is 0 Å². The maximum atomic E-state index is 12.1. The Morgan fingerprint density at radius 2 is 2.11 bits per heavy atom. The molecule has 1 atom stereocenters. The molecule has 1 aromatic heterocycles. The van der Waals surface area contributed by atoms with Crippen LogP contribution in [0.3, 0.4) is 0 Å². The maximum Gasteiger partial charge on any atom is 0.274 e. The molecule has 0 fully saturated rings. The van der Waals surface area contributed by atoms with E-state index in [-0.39, 0.29) is 17.9 Å². The van der Waals surface area contributed by atoms with Crippen LogP contribution in [-0.4, -0.2) is 22.1 Å². The molecule has 4 N–H and O–H groups in total. The summed E-state index contributed by atoms with van der Waals surface area (Å²) in [6.45, 7) is 8.19. The summed E-state index contributed by atoms with van der Waals surface area (Å²) in [6, 6.07) is 0.195. The highest BCUT2D eigenvalue weighted by atomic mass is 16.2. The topological polar surface area (TPSA) is 83.8 Å². The predicted octanol–water partition coefficient (Wildman–Crippen LogP) is 2.42. The van der Waals surface area contributed by atoms with Gasteiger partial charge < -0.3 is 11.1 Å². The number of carbonyl (C=O) groups excluding carboxylic acids is 1. The minimum absolute atomic E-state index is 0.184. The van der Waals surface area contributed by atoms with Gasteiger partial charge in [-0.3, -0.25) is 9.89 Å². The van der Waals surface area contributed by atoms with E-state index in [1.807, 2.05) is 13.8 Å². The van der Waals surface area contributed by atoms with Crippen LogP contribution >= 0.6 is 0 Å². The average molecular weight is 252 g/mol. The van der Waals surface area contributed by atoms with Crippen LogP contribution in [0.15, 0.2) is 0 Å². The number of nitrogens with one attached hydrogen (secondary N) is 2. The molecule has 1 aromatic rings. The molecule has 0 spiro atoms. The fraction of sp³-hybridized carbons (Fsp3) is 0.692. The van der Waals surface area contributed by atoms with Crippen molar-refractivity contribution in [3.05, 3.63) is 11.4 Å². The Hall–Kier alpha value is -1.52. The SMILES string of the molecule is CCCC(CC)NC(=O)c1n[nH]c(C(C)C)c1N. The molecule has 0 aliphatic carbocycles. The molecular weight excluding hydrogens is 228 g/mol. The molecule has 18 heavy (non-hydrogen) atoms. The van der Waals surface area contributed by atoms with Gasteiger partial charge >= 0.3 is 0 Å². The second kappa shape index (κ2) is 6.42. The van der Waals surface area contributed by atoms with Crippen molar-refractivity contribution in [3.63, 3.8) is 0 Å². The number of anilines is 1. The number of aromatic amines is 1. The van der Waals surface area contributed by atoms with Gasteiger partial charge in [-0.1, -0.05) is 34.1 Å². The number of aromatic nitrogens is 2. The van der Waals surface area contributed by atoms with Crippen molar-refractivity contribution in [1.82, 2.24) is 15.5 Å². The maximum absolute atomic E-state index is 12.1. The molecule has 0 aromatic carbocycles. The van der Waals surface area contributed by atoms with E-state index in [1.165, 1.54) is 0 Å². The third-order valence-corrected chi connectivity index (χ3v) is 3.09. The normalized spacial score (nSPS) is 12.7. The van der Waals surface area contributed by atoms with Crippen molar-refractivity contribution in [2.75, 3.05) is 5.73 Å². The van der Waals surface area contributed by atoms with Crippen molar-refractivity contribution in [3.8, 4) is 0 Å². The molecule has 0 bridgehead atoms. The molecule has 0 radical (unpaired) electrons. The Morgan fingerprint density at radius 3 is 2.56 bits per heavy atom. The fourth-order valence-electron chi connectivity index (χ4n) is 1.96. The minimum Gasteiger partial charge on any atom is -0.395 e. The van der Waals surface area contributed by atoms with Gasteiger partial charge in [0, 0.05) is 6.04 Å². The number of nitrogens with zero attached hydrogens (tertiary/aromatic N) is 1. The first-order valence-electron chi connectivity index (χ1n) is 6.65. The highest BCUT2D eigenvalue weighted by molar-refractivity contribution is 5.97. The van der Waals surface area contributed by atoms with Crippen molar-refractivity contribution >= 4 is 11.6 Å². The van der Waals surface area contributed by atoms with Crippen LogP contribution in [0.25, 0.3) is 0 Å². The molecule has 1 amide bonds. The Kier molecular flexibility index (Phi) is 5.19. The Labute approximate surface area is 109 Å².